The van der Waals surface area contributed by atoms with Crippen LogP contribution < -0.4 is 0 Å². The lowest BCUT2D eigenvalue weighted by Gasteiger charge is -2.24. The predicted octanol–water partition coefficient (Wildman–Crippen LogP) is 2.94. The van der Waals surface area contributed by atoms with Crippen molar-refractivity contribution in [3.63, 3.8) is 0 Å². The number of aromatic nitrogens is 3. The SMILES string of the molecule is Cc1cnc(CN2CCN(C)C[C@H](Cc3cccc4cccnc34)C2)cn1. The highest BCUT2D eigenvalue weighted by Crippen LogP contribution is 2.21. The third kappa shape index (κ3) is 4.49. The van der Waals surface area contributed by atoms with E-state index >= 15 is 0 Å². The molecule has 3 aromatic rings. The fourth-order valence-electron chi connectivity index (χ4n) is 4.00. The smallest absolute Gasteiger partial charge is 0.0734 e. The number of aryl methyl sites for hydroxylation is 1. The van der Waals surface area contributed by atoms with E-state index in [1.807, 2.05) is 31.6 Å². The maximum Gasteiger partial charge on any atom is 0.0734 e. The van der Waals surface area contributed by atoms with E-state index in [4.69, 9.17) is 0 Å². The predicted molar refractivity (Wildman–Crippen MR) is 108 cm³/mol. The van der Waals surface area contributed by atoms with Crippen LogP contribution in [-0.4, -0.2) is 58.0 Å². The molecule has 3 heterocycles. The van der Waals surface area contributed by atoms with Crippen LogP contribution in [0.5, 0.6) is 0 Å². The van der Waals surface area contributed by atoms with Crippen LogP contribution in [0.15, 0.2) is 48.9 Å². The molecular weight excluding hydrogens is 334 g/mol. The van der Waals surface area contributed by atoms with Gasteiger partial charge in [-0.25, -0.2) is 0 Å². The molecule has 0 aliphatic carbocycles. The summed E-state index contributed by atoms with van der Waals surface area (Å²) in [6.07, 6.45) is 6.72. The molecular formula is C22H27N5. The van der Waals surface area contributed by atoms with E-state index in [-0.39, 0.29) is 0 Å². The highest BCUT2D eigenvalue weighted by molar-refractivity contribution is 5.81. The van der Waals surface area contributed by atoms with Gasteiger partial charge in [0, 0.05) is 56.7 Å². The van der Waals surface area contributed by atoms with Gasteiger partial charge in [-0.1, -0.05) is 24.3 Å². The minimum absolute atomic E-state index is 0.573. The first-order valence-corrected chi connectivity index (χ1v) is 9.68. The first kappa shape index (κ1) is 18.0. The lowest BCUT2D eigenvalue weighted by Crippen LogP contribution is -2.31. The van der Waals surface area contributed by atoms with E-state index in [0.29, 0.717) is 5.92 Å². The van der Waals surface area contributed by atoms with E-state index in [1.165, 1.54) is 10.9 Å². The summed E-state index contributed by atoms with van der Waals surface area (Å²) in [5.74, 6) is 0.573. The molecule has 0 saturated carbocycles. The van der Waals surface area contributed by atoms with Crippen molar-refractivity contribution in [2.75, 3.05) is 33.2 Å². The Morgan fingerprint density at radius 2 is 1.89 bits per heavy atom. The monoisotopic (exact) mass is 361 g/mol. The number of nitrogens with zero attached hydrogens (tertiary/aromatic N) is 5. The Bertz CT molecular complexity index is 887. The average Bonchev–Trinajstić information content (AvgIpc) is 2.85. The summed E-state index contributed by atoms with van der Waals surface area (Å²) in [6, 6.07) is 10.7. The molecule has 1 fully saturated rings. The van der Waals surface area contributed by atoms with Crippen molar-refractivity contribution in [2.24, 2.45) is 5.92 Å². The second kappa shape index (κ2) is 8.11. The fourth-order valence-corrected chi connectivity index (χ4v) is 4.00. The van der Waals surface area contributed by atoms with Gasteiger partial charge in [0.05, 0.1) is 16.9 Å². The molecule has 1 aliphatic heterocycles. The summed E-state index contributed by atoms with van der Waals surface area (Å²) in [6.45, 7) is 7.18. The summed E-state index contributed by atoms with van der Waals surface area (Å²) in [7, 11) is 2.23. The zero-order valence-corrected chi connectivity index (χ0v) is 16.2. The Balaban J connectivity index is 1.51. The van der Waals surface area contributed by atoms with Crippen molar-refractivity contribution in [1.82, 2.24) is 24.8 Å². The molecule has 1 aliphatic rings. The summed E-state index contributed by atoms with van der Waals surface area (Å²) >= 11 is 0. The third-order valence-electron chi connectivity index (χ3n) is 5.33. The van der Waals surface area contributed by atoms with Gasteiger partial charge in [-0.2, -0.15) is 0 Å². The molecule has 0 unspecified atom stereocenters. The maximum atomic E-state index is 4.64. The number of hydrogen-bond acceptors (Lipinski definition) is 5. The van der Waals surface area contributed by atoms with Gasteiger partial charge in [0.15, 0.2) is 0 Å². The van der Waals surface area contributed by atoms with Crippen molar-refractivity contribution < 1.29 is 0 Å². The Hall–Kier alpha value is -2.37. The van der Waals surface area contributed by atoms with E-state index in [9.17, 15) is 0 Å². The Morgan fingerprint density at radius 3 is 2.74 bits per heavy atom. The van der Waals surface area contributed by atoms with Crippen LogP contribution >= 0.6 is 0 Å². The number of hydrogen-bond donors (Lipinski definition) is 0. The molecule has 0 N–H and O–H groups in total. The van der Waals surface area contributed by atoms with Crippen LogP contribution in [-0.2, 0) is 13.0 Å². The van der Waals surface area contributed by atoms with Gasteiger partial charge in [0.2, 0.25) is 0 Å². The molecule has 0 bridgehead atoms. The molecule has 1 saturated heterocycles. The van der Waals surface area contributed by atoms with Crippen LogP contribution in [0.2, 0.25) is 0 Å². The van der Waals surface area contributed by atoms with Gasteiger partial charge in [0.25, 0.3) is 0 Å². The average molecular weight is 361 g/mol. The van der Waals surface area contributed by atoms with Crippen molar-refractivity contribution in [3.8, 4) is 0 Å². The standard InChI is InChI=1S/C22H27N5/c1-17-12-25-21(13-24-17)16-27-10-9-26(2)14-18(15-27)11-20-6-3-5-19-7-4-8-23-22(19)20/h3-8,12-13,18H,9-11,14-16H2,1-2H3/t18-/m0/s1. The van der Waals surface area contributed by atoms with Gasteiger partial charge in [0.1, 0.15) is 0 Å². The minimum atomic E-state index is 0.573. The van der Waals surface area contributed by atoms with Gasteiger partial charge >= 0.3 is 0 Å². The molecule has 1 atom stereocenters. The molecule has 27 heavy (non-hydrogen) atoms. The second-order valence-electron chi connectivity index (χ2n) is 7.71. The number of fused-ring (bicyclic) bond motifs is 1. The van der Waals surface area contributed by atoms with Crippen molar-refractivity contribution in [2.45, 2.75) is 19.9 Å². The van der Waals surface area contributed by atoms with E-state index < -0.39 is 0 Å². The topological polar surface area (TPSA) is 45.2 Å². The Labute approximate surface area is 161 Å². The number of benzene rings is 1. The van der Waals surface area contributed by atoms with Gasteiger partial charge < -0.3 is 4.90 Å². The van der Waals surface area contributed by atoms with Crippen LogP contribution in [0.3, 0.4) is 0 Å². The van der Waals surface area contributed by atoms with E-state index in [0.717, 1.165) is 56.0 Å². The van der Waals surface area contributed by atoms with E-state index in [2.05, 4.69) is 56.1 Å². The molecule has 1 aromatic carbocycles. The largest absolute Gasteiger partial charge is 0.305 e. The lowest BCUT2D eigenvalue weighted by atomic mass is 9.96. The van der Waals surface area contributed by atoms with Crippen LogP contribution in [0.4, 0.5) is 0 Å². The summed E-state index contributed by atoms with van der Waals surface area (Å²) in [5.41, 5.74) is 4.51. The first-order chi connectivity index (χ1) is 13.2. The highest BCUT2D eigenvalue weighted by atomic mass is 15.2. The molecule has 5 nitrogen and oxygen atoms in total. The molecule has 140 valence electrons. The number of likely N-dealkylation sites (N-methyl/N-ethyl adjacent to an activating group) is 1. The van der Waals surface area contributed by atoms with Crippen molar-refractivity contribution >= 4 is 10.9 Å². The number of pyridine rings is 1. The third-order valence-corrected chi connectivity index (χ3v) is 5.33. The van der Waals surface area contributed by atoms with Crippen LogP contribution in [0, 0.1) is 12.8 Å². The molecule has 5 heteroatoms. The maximum absolute atomic E-state index is 4.64. The first-order valence-electron chi connectivity index (χ1n) is 9.68. The zero-order valence-electron chi connectivity index (χ0n) is 16.2. The fraction of sp³-hybridized carbons (Fsp3) is 0.409. The lowest BCUT2D eigenvalue weighted by molar-refractivity contribution is 0.246. The quantitative estimate of drug-likeness (QED) is 0.715. The van der Waals surface area contributed by atoms with Gasteiger partial charge in [-0.3, -0.25) is 19.9 Å². The van der Waals surface area contributed by atoms with Gasteiger partial charge in [-0.05, 0) is 37.9 Å². The zero-order chi connectivity index (χ0) is 18.6. The normalized spacial score (nSPS) is 19.3. The number of para-hydroxylation sites is 1. The Morgan fingerprint density at radius 1 is 1.00 bits per heavy atom. The van der Waals surface area contributed by atoms with Crippen LogP contribution in [0.1, 0.15) is 17.0 Å². The molecule has 0 amide bonds. The molecule has 4 rings (SSSR count). The Kier molecular flexibility index (Phi) is 5.41. The minimum Gasteiger partial charge on any atom is -0.305 e. The van der Waals surface area contributed by atoms with E-state index in [1.54, 1.807) is 0 Å². The molecule has 0 spiro atoms. The van der Waals surface area contributed by atoms with Crippen LogP contribution in [0.25, 0.3) is 10.9 Å². The molecule has 0 radical (unpaired) electrons. The number of rotatable bonds is 4. The summed E-state index contributed by atoms with van der Waals surface area (Å²) in [4.78, 5) is 18.5. The summed E-state index contributed by atoms with van der Waals surface area (Å²) < 4.78 is 0. The second-order valence-corrected chi connectivity index (χ2v) is 7.71. The summed E-state index contributed by atoms with van der Waals surface area (Å²) in [5, 5.41) is 1.23. The van der Waals surface area contributed by atoms with Gasteiger partial charge in [-0.15, -0.1) is 0 Å². The highest BCUT2D eigenvalue weighted by Gasteiger charge is 2.22. The van der Waals surface area contributed by atoms with Crippen molar-refractivity contribution in [3.05, 3.63) is 65.9 Å². The van der Waals surface area contributed by atoms with Crippen molar-refractivity contribution in [1.29, 1.82) is 0 Å². The molecule has 2 aromatic heterocycles.